The second kappa shape index (κ2) is 7.57. The van der Waals surface area contributed by atoms with Gasteiger partial charge < -0.3 is 10.1 Å². The van der Waals surface area contributed by atoms with Gasteiger partial charge in [0, 0.05) is 24.6 Å². The standard InChI is InChI=1S/C16H20FN3O/c1-3-7-14-19-15(18-4-2)10-16(20-14)21-11-12-8-5-6-9-13(12)17/h5-6,8-10H,3-4,7,11H2,1-2H3,(H,18,19,20). The zero-order chi connectivity index (χ0) is 15.1. The van der Waals surface area contributed by atoms with E-state index in [0.717, 1.165) is 31.0 Å². The molecule has 0 atom stereocenters. The third-order valence-corrected chi connectivity index (χ3v) is 2.91. The fraction of sp³-hybridized carbons (Fsp3) is 0.375. The summed E-state index contributed by atoms with van der Waals surface area (Å²) in [5.74, 6) is 1.67. The second-order valence-corrected chi connectivity index (χ2v) is 4.67. The zero-order valence-electron chi connectivity index (χ0n) is 12.4. The molecule has 0 aliphatic rings. The number of nitrogens with zero attached hydrogens (tertiary/aromatic N) is 2. The maximum atomic E-state index is 13.6. The van der Waals surface area contributed by atoms with E-state index in [2.05, 4.69) is 22.2 Å². The second-order valence-electron chi connectivity index (χ2n) is 4.67. The summed E-state index contributed by atoms with van der Waals surface area (Å²) in [6, 6.07) is 8.31. The Morgan fingerprint density at radius 3 is 2.71 bits per heavy atom. The van der Waals surface area contributed by atoms with Gasteiger partial charge in [-0.3, -0.25) is 0 Å². The molecule has 5 heteroatoms. The number of nitrogens with one attached hydrogen (secondary N) is 1. The monoisotopic (exact) mass is 289 g/mol. The molecule has 1 N–H and O–H groups in total. The first-order valence-electron chi connectivity index (χ1n) is 7.21. The van der Waals surface area contributed by atoms with Crippen molar-refractivity contribution in [3.8, 4) is 5.88 Å². The molecule has 2 aromatic rings. The van der Waals surface area contributed by atoms with Crippen molar-refractivity contribution in [2.75, 3.05) is 11.9 Å². The lowest BCUT2D eigenvalue weighted by molar-refractivity contribution is 0.286. The van der Waals surface area contributed by atoms with Crippen LogP contribution >= 0.6 is 0 Å². The number of halogens is 1. The molecule has 0 aliphatic heterocycles. The molecule has 0 unspecified atom stereocenters. The molecule has 0 aliphatic carbocycles. The molecular weight excluding hydrogens is 269 g/mol. The van der Waals surface area contributed by atoms with E-state index in [0.29, 0.717) is 11.4 Å². The fourth-order valence-electron chi connectivity index (χ4n) is 1.92. The Bertz CT molecular complexity index is 565. The Morgan fingerprint density at radius 1 is 1.19 bits per heavy atom. The number of hydrogen-bond donors (Lipinski definition) is 1. The van der Waals surface area contributed by atoms with Crippen molar-refractivity contribution < 1.29 is 9.13 Å². The first-order valence-corrected chi connectivity index (χ1v) is 7.21. The molecule has 0 spiro atoms. The molecule has 21 heavy (non-hydrogen) atoms. The fourth-order valence-corrected chi connectivity index (χ4v) is 1.92. The molecule has 0 amide bonds. The molecule has 1 aromatic carbocycles. The number of hydrogen-bond acceptors (Lipinski definition) is 4. The van der Waals surface area contributed by atoms with Gasteiger partial charge in [0.2, 0.25) is 5.88 Å². The van der Waals surface area contributed by atoms with Gasteiger partial charge in [-0.15, -0.1) is 0 Å². The third kappa shape index (κ3) is 4.41. The molecule has 0 bridgehead atoms. The summed E-state index contributed by atoms with van der Waals surface area (Å²) in [6.45, 7) is 5.00. The van der Waals surface area contributed by atoms with Gasteiger partial charge in [0.25, 0.3) is 0 Å². The van der Waals surface area contributed by atoms with E-state index in [9.17, 15) is 4.39 Å². The minimum absolute atomic E-state index is 0.154. The van der Waals surface area contributed by atoms with E-state index in [-0.39, 0.29) is 12.4 Å². The predicted molar refractivity (Wildman–Crippen MR) is 80.9 cm³/mol. The highest BCUT2D eigenvalue weighted by atomic mass is 19.1. The lowest BCUT2D eigenvalue weighted by Crippen LogP contribution is -2.06. The average Bonchev–Trinajstić information content (AvgIpc) is 2.47. The van der Waals surface area contributed by atoms with Crippen molar-refractivity contribution >= 4 is 5.82 Å². The van der Waals surface area contributed by atoms with Crippen LogP contribution in [-0.4, -0.2) is 16.5 Å². The Morgan fingerprint density at radius 2 is 2.00 bits per heavy atom. The van der Waals surface area contributed by atoms with Crippen molar-refractivity contribution in [1.29, 1.82) is 0 Å². The number of rotatable bonds is 7. The van der Waals surface area contributed by atoms with Crippen LogP contribution in [0.15, 0.2) is 30.3 Å². The number of anilines is 1. The molecule has 4 nitrogen and oxygen atoms in total. The SMILES string of the molecule is CCCc1nc(NCC)cc(OCc2ccccc2F)n1. The van der Waals surface area contributed by atoms with Crippen LogP contribution < -0.4 is 10.1 Å². The van der Waals surface area contributed by atoms with Crippen LogP contribution in [0.25, 0.3) is 0 Å². The first-order chi connectivity index (χ1) is 10.2. The van der Waals surface area contributed by atoms with E-state index >= 15 is 0 Å². The Kier molecular flexibility index (Phi) is 5.49. The van der Waals surface area contributed by atoms with E-state index in [1.165, 1.54) is 6.07 Å². The van der Waals surface area contributed by atoms with Crippen LogP contribution in [0, 0.1) is 5.82 Å². The number of aromatic nitrogens is 2. The predicted octanol–water partition coefficient (Wildman–Crippen LogP) is 3.58. The minimum atomic E-state index is -0.271. The third-order valence-electron chi connectivity index (χ3n) is 2.91. The lowest BCUT2D eigenvalue weighted by atomic mass is 10.2. The van der Waals surface area contributed by atoms with Crippen molar-refractivity contribution in [2.45, 2.75) is 33.3 Å². The maximum absolute atomic E-state index is 13.6. The van der Waals surface area contributed by atoms with E-state index in [1.54, 1.807) is 24.3 Å². The number of benzene rings is 1. The van der Waals surface area contributed by atoms with Gasteiger partial charge >= 0.3 is 0 Å². The summed E-state index contributed by atoms with van der Waals surface area (Å²) in [5.41, 5.74) is 0.512. The topological polar surface area (TPSA) is 47.0 Å². The highest BCUT2D eigenvalue weighted by Gasteiger charge is 2.07. The summed E-state index contributed by atoms with van der Waals surface area (Å²) in [5, 5.41) is 3.15. The van der Waals surface area contributed by atoms with Gasteiger partial charge in [-0.2, -0.15) is 4.98 Å². The van der Waals surface area contributed by atoms with Crippen molar-refractivity contribution in [1.82, 2.24) is 9.97 Å². The molecule has 1 aromatic heterocycles. The molecule has 2 rings (SSSR count). The van der Waals surface area contributed by atoms with Gasteiger partial charge in [-0.25, -0.2) is 9.37 Å². The summed E-state index contributed by atoms with van der Waals surface area (Å²) in [7, 11) is 0. The highest BCUT2D eigenvalue weighted by Crippen LogP contribution is 2.17. The molecule has 0 saturated heterocycles. The average molecular weight is 289 g/mol. The summed E-state index contributed by atoms with van der Waals surface area (Å²) in [4.78, 5) is 8.76. The largest absolute Gasteiger partial charge is 0.473 e. The van der Waals surface area contributed by atoms with E-state index < -0.39 is 0 Å². The summed E-state index contributed by atoms with van der Waals surface area (Å²) in [6.07, 6.45) is 1.75. The molecule has 112 valence electrons. The number of ether oxygens (including phenoxy) is 1. The highest BCUT2D eigenvalue weighted by molar-refractivity contribution is 5.38. The van der Waals surface area contributed by atoms with Gasteiger partial charge in [0.15, 0.2) is 0 Å². The van der Waals surface area contributed by atoms with E-state index in [1.807, 2.05) is 6.92 Å². The van der Waals surface area contributed by atoms with Crippen LogP contribution in [0.1, 0.15) is 31.7 Å². The molecule has 0 radical (unpaired) electrons. The smallest absolute Gasteiger partial charge is 0.219 e. The van der Waals surface area contributed by atoms with Crippen LogP contribution in [-0.2, 0) is 13.0 Å². The molecule has 0 saturated carbocycles. The Balaban J connectivity index is 2.13. The van der Waals surface area contributed by atoms with Crippen molar-refractivity contribution in [3.05, 3.63) is 47.5 Å². The van der Waals surface area contributed by atoms with Gasteiger partial charge in [-0.05, 0) is 19.4 Å². The summed E-state index contributed by atoms with van der Waals surface area (Å²) >= 11 is 0. The quantitative estimate of drug-likeness (QED) is 0.846. The van der Waals surface area contributed by atoms with Crippen molar-refractivity contribution in [3.63, 3.8) is 0 Å². The normalized spacial score (nSPS) is 10.4. The van der Waals surface area contributed by atoms with E-state index in [4.69, 9.17) is 4.74 Å². The molecular formula is C16H20FN3O. The summed E-state index contributed by atoms with van der Waals surface area (Å²) < 4.78 is 19.2. The minimum Gasteiger partial charge on any atom is -0.473 e. The Hall–Kier alpha value is -2.17. The van der Waals surface area contributed by atoms with Gasteiger partial charge in [0.05, 0.1) is 0 Å². The van der Waals surface area contributed by atoms with Gasteiger partial charge in [-0.1, -0.05) is 25.1 Å². The first kappa shape index (κ1) is 15.2. The van der Waals surface area contributed by atoms with Crippen molar-refractivity contribution in [2.24, 2.45) is 0 Å². The zero-order valence-corrected chi connectivity index (χ0v) is 12.4. The van der Waals surface area contributed by atoms with Gasteiger partial charge in [0.1, 0.15) is 24.1 Å². The van der Waals surface area contributed by atoms with Crippen LogP contribution in [0.3, 0.4) is 0 Å². The molecule has 0 fully saturated rings. The number of aryl methyl sites for hydroxylation is 1. The maximum Gasteiger partial charge on any atom is 0.219 e. The molecule has 1 heterocycles. The van der Waals surface area contributed by atoms with Crippen LogP contribution in [0.5, 0.6) is 5.88 Å². The van der Waals surface area contributed by atoms with Crippen LogP contribution in [0.2, 0.25) is 0 Å². The lowest BCUT2D eigenvalue weighted by Gasteiger charge is -2.10. The Labute approximate surface area is 124 Å². The van der Waals surface area contributed by atoms with Crippen LogP contribution in [0.4, 0.5) is 10.2 Å².